The molecule has 0 fully saturated rings. The fourth-order valence-electron chi connectivity index (χ4n) is 2.20. The maximum Gasteiger partial charge on any atom is 0.340 e. The highest BCUT2D eigenvalue weighted by molar-refractivity contribution is 6.36. The van der Waals surface area contributed by atoms with E-state index in [9.17, 15) is 9.59 Å². The average Bonchev–Trinajstić information content (AvgIpc) is 2.62. The van der Waals surface area contributed by atoms with Crippen LogP contribution in [0.15, 0.2) is 42.5 Å². The summed E-state index contributed by atoms with van der Waals surface area (Å²) in [4.78, 5) is 24.2. The van der Waals surface area contributed by atoms with Crippen LogP contribution in [0.25, 0.3) is 0 Å². The van der Waals surface area contributed by atoms with Crippen molar-refractivity contribution < 1.29 is 19.1 Å². The molecule has 138 valence electrons. The molecule has 1 atom stereocenters. The van der Waals surface area contributed by atoms with Gasteiger partial charge in [0.15, 0.2) is 6.10 Å². The monoisotopic (exact) mass is 395 g/mol. The molecule has 5 nitrogen and oxygen atoms in total. The summed E-state index contributed by atoms with van der Waals surface area (Å²) >= 11 is 11.8. The minimum Gasteiger partial charge on any atom is -0.497 e. The summed E-state index contributed by atoms with van der Waals surface area (Å²) in [6.07, 6.45) is -0.288. The van der Waals surface area contributed by atoms with Crippen molar-refractivity contribution in [2.45, 2.75) is 19.4 Å². The van der Waals surface area contributed by atoms with Crippen LogP contribution in [0.2, 0.25) is 10.0 Å². The van der Waals surface area contributed by atoms with Gasteiger partial charge in [-0.3, -0.25) is 4.79 Å². The fraction of sp³-hybridized carbons (Fsp3) is 0.263. The van der Waals surface area contributed by atoms with Gasteiger partial charge in [-0.05, 0) is 49.2 Å². The van der Waals surface area contributed by atoms with E-state index >= 15 is 0 Å². The lowest BCUT2D eigenvalue weighted by molar-refractivity contribution is -0.129. The molecular formula is C19H19Cl2NO4. The molecule has 1 unspecified atom stereocenters. The zero-order valence-electron chi connectivity index (χ0n) is 14.4. The molecule has 0 heterocycles. The van der Waals surface area contributed by atoms with Crippen LogP contribution in [0, 0.1) is 0 Å². The smallest absolute Gasteiger partial charge is 0.340 e. The van der Waals surface area contributed by atoms with Gasteiger partial charge in [0.1, 0.15) is 5.75 Å². The first kappa shape index (κ1) is 20.1. The molecule has 1 amide bonds. The van der Waals surface area contributed by atoms with Crippen molar-refractivity contribution in [1.29, 1.82) is 0 Å². The summed E-state index contributed by atoms with van der Waals surface area (Å²) in [6, 6.07) is 12.0. The number of carbonyl (C=O) groups is 2. The lowest BCUT2D eigenvalue weighted by Gasteiger charge is -2.14. The van der Waals surface area contributed by atoms with E-state index in [1.54, 1.807) is 7.11 Å². The Balaban J connectivity index is 1.82. The van der Waals surface area contributed by atoms with E-state index in [0.717, 1.165) is 11.3 Å². The second kappa shape index (κ2) is 9.46. The molecule has 2 aromatic carbocycles. The zero-order chi connectivity index (χ0) is 19.1. The summed E-state index contributed by atoms with van der Waals surface area (Å²) in [5.74, 6) is -0.277. The Hall–Kier alpha value is -2.24. The number of halogens is 2. The van der Waals surface area contributed by atoms with E-state index in [1.165, 1.54) is 25.1 Å². The summed E-state index contributed by atoms with van der Waals surface area (Å²) in [5, 5.41) is 3.33. The highest BCUT2D eigenvalue weighted by atomic mass is 35.5. The first-order valence-corrected chi connectivity index (χ1v) is 8.73. The van der Waals surface area contributed by atoms with Gasteiger partial charge in [0, 0.05) is 11.6 Å². The zero-order valence-corrected chi connectivity index (χ0v) is 15.9. The van der Waals surface area contributed by atoms with Crippen molar-refractivity contribution in [3.8, 4) is 5.75 Å². The molecule has 0 aliphatic carbocycles. The molecule has 0 aliphatic rings. The maximum absolute atomic E-state index is 12.1. The summed E-state index contributed by atoms with van der Waals surface area (Å²) in [5.41, 5.74) is 1.22. The SMILES string of the molecule is COc1ccc(CCNC(=O)C(C)OC(=O)c2ccc(Cl)cc2Cl)cc1. The number of rotatable bonds is 7. The lowest BCUT2D eigenvalue weighted by Crippen LogP contribution is -2.36. The molecule has 0 aliphatic heterocycles. The molecule has 2 aromatic rings. The molecule has 0 aromatic heterocycles. The van der Waals surface area contributed by atoms with Crippen molar-refractivity contribution >= 4 is 35.1 Å². The summed E-state index contributed by atoms with van der Waals surface area (Å²) < 4.78 is 10.3. The van der Waals surface area contributed by atoms with Crippen LogP contribution in [0.4, 0.5) is 0 Å². The van der Waals surface area contributed by atoms with Gasteiger partial charge in [-0.25, -0.2) is 4.79 Å². The van der Waals surface area contributed by atoms with Gasteiger partial charge in [0.2, 0.25) is 0 Å². The topological polar surface area (TPSA) is 64.6 Å². The third-order valence-electron chi connectivity index (χ3n) is 3.68. The van der Waals surface area contributed by atoms with Crippen molar-refractivity contribution in [3.63, 3.8) is 0 Å². The van der Waals surface area contributed by atoms with E-state index in [1.807, 2.05) is 24.3 Å². The number of hydrogen-bond donors (Lipinski definition) is 1. The molecule has 26 heavy (non-hydrogen) atoms. The minimum absolute atomic E-state index is 0.161. The predicted molar refractivity (Wildman–Crippen MR) is 101 cm³/mol. The van der Waals surface area contributed by atoms with Crippen LogP contribution in [0.1, 0.15) is 22.8 Å². The first-order chi connectivity index (χ1) is 12.4. The Labute approximate surface area is 162 Å². The number of nitrogens with one attached hydrogen (secondary N) is 1. The van der Waals surface area contributed by atoms with Gasteiger partial charge in [0.05, 0.1) is 17.7 Å². The van der Waals surface area contributed by atoms with Crippen LogP contribution in [-0.2, 0) is 16.0 Å². The minimum atomic E-state index is -0.940. The van der Waals surface area contributed by atoms with Crippen molar-refractivity contribution in [1.82, 2.24) is 5.32 Å². The maximum atomic E-state index is 12.1. The molecular weight excluding hydrogens is 377 g/mol. The Morgan fingerprint density at radius 3 is 2.42 bits per heavy atom. The van der Waals surface area contributed by atoms with Gasteiger partial charge in [-0.15, -0.1) is 0 Å². The molecule has 0 saturated carbocycles. The highest BCUT2D eigenvalue weighted by Crippen LogP contribution is 2.22. The van der Waals surface area contributed by atoms with E-state index in [4.69, 9.17) is 32.7 Å². The predicted octanol–water partition coefficient (Wildman–Crippen LogP) is 3.91. The number of benzene rings is 2. The summed E-state index contributed by atoms with van der Waals surface area (Å²) in [7, 11) is 1.61. The lowest BCUT2D eigenvalue weighted by atomic mass is 10.1. The Morgan fingerprint density at radius 1 is 1.12 bits per heavy atom. The number of carbonyl (C=O) groups excluding carboxylic acids is 2. The molecule has 7 heteroatoms. The Kier molecular flexibility index (Phi) is 7.30. The molecule has 0 radical (unpaired) electrons. The second-order valence-corrected chi connectivity index (χ2v) is 6.40. The molecule has 0 bridgehead atoms. The van der Waals surface area contributed by atoms with E-state index in [2.05, 4.69) is 5.32 Å². The van der Waals surface area contributed by atoms with Crippen molar-refractivity contribution in [3.05, 3.63) is 63.6 Å². The van der Waals surface area contributed by atoms with E-state index in [0.29, 0.717) is 18.0 Å². The third-order valence-corrected chi connectivity index (χ3v) is 4.22. The normalized spacial score (nSPS) is 11.5. The van der Waals surface area contributed by atoms with Crippen LogP contribution in [0.5, 0.6) is 5.75 Å². The highest BCUT2D eigenvalue weighted by Gasteiger charge is 2.20. The number of methoxy groups -OCH3 is 1. The number of hydrogen-bond acceptors (Lipinski definition) is 4. The van der Waals surface area contributed by atoms with Gasteiger partial charge in [-0.2, -0.15) is 0 Å². The van der Waals surface area contributed by atoms with Crippen molar-refractivity contribution in [2.24, 2.45) is 0 Å². The number of esters is 1. The van der Waals surface area contributed by atoms with Crippen LogP contribution < -0.4 is 10.1 Å². The summed E-state index contributed by atoms with van der Waals surface area (Å²) in [6.45, 7) is 1.93. The molecule has 2 rings (SSSR count). The van der Waals surface area contributed by atoms with E-state index in [-0.39, 0.29) is 16.5 Å². The average molecular weight is 396 g/mol. The molecule has 1 N–H and O–H groups in total. The van der Waals surface area contributed by atoms with Gasteiger partial charge in [0.25, 0.3) is 5.91 Å². The van der Waals surface area contributed by atoms with Gasteiger partial charge in [-0.1, -0.05) is 35.3 Å². The fourth-order valence-corrected chi connectivity index (χ4v) is 2.68. The first-order valence-electron chi connectivity index (χ1n) is 7.97. The van der Waals surface area contributed by atoms with Crippen LogP contribution in [-0.4, -0.2) is 31.6 Å². The van der Waals surface area contributed by atoms with Gasteiger partial charge < -0.3 is 14.8 Å². The standard InChI is InChI=1S/C19H19Cl2NO4/c1-12(26-19(24)16-8-5-14(20)11-17(16)21)18(23)22-10-9-13-3-6-15(25-2)7-4-13/h3-8,11-12H,9-10H2,1-2H3,(H,22,23). The number of ether oxygens (including phenoxy) is 2. The quantitative estimate of drug-likeness (QED) is 0.721. The van der Waals surface area contributed by atoms with E-state index < -0.39 is 12.1 Å². The Morgan fingerprint density at radius 2 is 1.81 bits per heavy atom. The molecule has 0 saturated heterocycles. The number of amides is 1. The van der Waals surface area contributed by atoms with Gasteiger partial charge >= 0.3 is 5.97 Å². The van der Waals surface area contributed by atoms with Crippen LogP contribution in [0.3, 0.4) is 0 Å². The largest absolute Gasteiger partial charge is 0.497 e. The second-order valence-electron chi connectivity index (χ2n) is 5.56. The van der Waals surface area contributed by atoms with Crippen LogP contribution >= 0.6 is 23.2 Å². The van der Waals surface area contributed by atoms with Crippen molar-refractivity contribution in [2.75, 3.05) is 13.7 Å². The molecule has 0 spiro atoms. The third kappa shape index (κ3) is 5.64. The Bertz CT molecular complexity index is 778.